The summed E-state index contributed by atoms with van der Waals surface area (Å²) in [6.45, 7) is 6.69. The fourth-order valence-electron chi connectivity index (χ4n) is 4.08. The predicted octanol–water partition coefficient (Wildman–Crippen LogP) is 3.64. The lowest BCUT2D eigenvalue weighted by atomic mass is 9.84. The molecular formula is C21H33ClN2O2. The van der Waals surface area contributed by atoms with E-state index in [0.29, 0.717) is 24.8 Å². The highest BCUT2D eigenvalue weighted by Gasteiger charge is 2.27. The van der Waals surface area contributed by atoms with E-state index in [1.807, 2.05) is 23.1 Å². The highest BCUT2D eigenvalue weighted by Crippen LogP contribution is 2.26. The zero-order valence-electron chi connectivity index (χ0n) is 15.9. The molecule has 0 spiro atoms. The molecule has 2 unspecified atom stereocenters. The summed E-state index contributed by atoms with van der Waals surface area (Å²) in [6, 6.07) is 10.3. The van der Waals surface area contributed by atoms with Crippen LogP contribution in [0.15, 0.2) is 30.3 Å². The molecule has 2 fully saturated rings. The first-order valence-corrected chi connectivity index (χ1v) is 9.86. The van der Waals surface area contributed by atoms with Gasteiger partial charge in [0, 0.05) is 26.1 Å². The van der Waals surface area contributed by atoms with E-state index in [0.717, 1.165) is 39.1 Å². The Balaban J connectivity index is 0.00000243. The lowest BCUT2D eigenvalue weighted by molar-refractivity contribution is -0.134. The number of ether oxygens (including phenoxy) is 1. The third-order valence-corrected chi connectivity index (χ3v) is 5.70. The van der Waals surface area contributed by atoms with Crippen molar-refractivity contribution in [1.82, 2.24) is 10.2 Å². The van der Waals surface area contributed by atoms with Gasteiger partial charge in [-0.1, -0.05) is 37.3 Å². The van der Waals surface area contributed by atoms with Crippen LogP contribution in [0.2, 0.25) is 0 Å². The van der Waals surface area contributed by atoms with E-state index >= 15 is 0 Å². The van der Waals surface area contributed by atoms with Crippen LogP contribution < -0.4 is 5.32 Å². The van der Waals surface area contributed by atoms with Gasteiger partial charge in [0.05, 0.1) is 6.10 Å². The number of carbonyl (C=O) groups excluding carboxylic acids is 1. The molecular weight excluding hydrogens is 348 g/mol. The molecule has 146 valence electrons. The van der Waals surface area contributed by atoms with Gasteiger partial charge in [0.25, 0.3) is 0 Å². The Hall–Kier alpha value is -1.10. The molecule has 5 heteroatoms. The molecule has 2 saturated heterocycles. The molecule has 1 amide bonds. The molecule has 3 rings (SSSR count). The van der Waals surface area contributed by atoms with Crippen molar-refractivity contribution in [2.45, 2.75) is 51.7 Å². The minimum atomic E-state index is 0. The summed E-state index contributed by atoms with van der Waals surface area (Å²) in [6.07, 6.45) is 5.44. The van der Waals surface area contributed by atoms with Gasteiger partial charge >= 0.3 is 0 Å². The molecule has 0 aromatic heterocycles. The van der Waals surface area contributed by atoms with Crippen LogP contribution in [-0.2, 0) is 16.1 Å². The maximum absolute atomic E-state index is 13.0. The minimum Gasteiger partial charge on any atom is -0.376 e. The quantitative estimate of drug-likeness (QED) is 0.785. The van der Waals surface area contributed by atoms with Crippen LogP contribution >= 0.6 is 12.4 Å². The Bertz CT molecular complexity index is 528. The van der Waals surface area contributed by atoms with E-state index < -0.39 is 0 Å². The van der Waals surface area contributed by atoms with Crippen molar-refractivity contribution in [1.29, 1.82) is 0 Å². The number of hydrogen-bond acceptors (Lipinski definition) is 3. The molecule has 1 N–H and O–H groups in total. The molecule has 1 aromatic rings. The summed E-state index contributed by atoms with van der Waals surface area (Å²) in [7, 11) is 0. The minimum absolute atomic E-state index is 0. The van der Waals surface area contributed by atoms with Crippen molar-refractivity contribution in [3.8, 4) is 0 Å². The number of rotatable bonds is 7. The van der Waals surface area contributed by atoms with Gasteiger partial charge in [0.1, 0.15) is 0 Å². The molecule has 26 heavy (non-hydrogen) atoms. The van der Waals surface area contributed by atoms with Crippen LogP contribution in [0.25, 0.3) is 0 Å². The molecule has 2 aliphatic heterocycles. The van der Waals surface area contributed by atoms with Crippen molar-refractivity contribution in [3.05, 3.63) is 35.9 Å². The summed E-state index contributed by atoms with van der Waals surface area (Å²) in [5.41, 5.74) is 1.20. The molecule has 0 aliphatic carbocycles. The average molecular weight is 381 g/mol. The van der Waals surface area contributed by atoms with Crippen molar-refractivity contribution in [3.63, 3.8) is 0 Å². The van der Waals surface area contributed by atoms with Crippen LogP contribution in [0.4, 0.5) is 0 Å². The maximum atomic E-state index is 13.0. The summed E-state index contributed by atoms with van der Waals surface area (Å²) >= 11 is 0. The number of amides is 1. The number of hydrogen-bond donors (Lipinski definition) is 1. The van der Waals surface area contributed by atoms with Gasteiger partial charge in [-0.15, -0.1) is 12.4 Å². The van der Waals surface area contributed by atoms with Crippen LogP contribution in [0, 0.1) is 11.8 Å². The fourth-order valence-corrected chi connectivity index (χ4v) is 4.08. The highest BCUT2D eigenvalue weighted by molar-refractivity contribution is 5.85. The number of nitrogens with one attached hydrogen (secondary N) is 1. The number of halogens is 1. The zero-order chi connectivity index (χ0) is 17.5. The average Bonchev–Trinajstić information content (AvgIpc) is 3.16. The van der Waals surface area contributed by atoms with E-state index in [9.17, 15) is 4.79 Å². The maximum Gasteiger partial charge on any atom is 0.223 e. The second-order valence-electron chi connectivity index (χ2n) is 7.66. The molecule has 1 aromatic carbocycles. The van der Waals surface area contributed by atoms with Crippen molar-refractivity contribution >= 4 is 18.3 Å². The van der Waals surface area contributed by atoms with Crippen molar-refractivity contribution < 1.29 is 9.53 Å². The summed E-state index contributed by atoms with van der Waals surface area (Å²) < 4.78 is 5.79. The van der Waals surface area contributed by atoms with Crippen LogP contribution in [0.5, 0.6) is 0 Å². The summed E-state index contributed by atoms with van der Waals surface area (Å²) in [5.74, 6) is 1.41. The Morgan fingerprint density at radius 2 is 1.96 bits per heavy atom. The SMILES string of the molecule is CC(CC(=O)N(Cc1ccccc1)CC1CCCO1)C1CCNCC1.Cl. The lowest BCUT2D eigenvalue weighted by Gasteiger charge is -2.31. The molecule has 2 atom stereocenters. The topological polar surface area (TPSA) is 41.6 Å². The number of piperidine rings is 1. The fraction of sp³-hybridized carbons (Fsp3) is 0.667. The molecule has 0 radical (unpaired) electrons. The second kappa shape index (κ2) is 10.9. The van der Waals surface area contributed by atoms with Crippen molar-refractivity contribution in [2.24, 2.45) is 11.8 Å². The van der Waals surface area contributed by atoms with Gasteiger partial charge in [-0.05, 0) is 56.2 Å². The molecule has 2 aliphatic rings. The molecule has 2 heterocycles. The van der Waals surface area contributed by atoms with E-state index in [1.54, 1.807) is 0 Å². The zero-order valence-corrected chi connectivity index (χ0v) is 16.7. The van der Waals surface area contributed by atoms with Gasteiger partial charge < -0.3 is 15.0 Å². The molecule has 4 nitrogen and oxygen atoms in total. The van der Waals surface area contributed by atoms with E-state index in [4.69, 9.17) is 4.74 Å². The second-order valence-corrected chi connectivity index (χ2v) is 7.66. The van der Waals surface area contributed by atoms with E-state index in [1.165, 1.54) is 18.4 Å². The first-order valence-electron chi connectivity index (χ1n) is 9.86. The first-order chi connectivity index (χ1) is 12.2. The number of nitrogens with zero attached hydrogens (tertiary/aromatic N) is 1. The predicted molar refractivity (Wildman–Crippen MR) is 107 cm³/mol. The first kappa shape index (κ1) is 21.2. The van der Waals surface area contributed by atoms with Crippen LogP contribution in [0.1, 0.15) is 44.6 Å². The number of benzene rings is 1. The standard InChI is InChI=1S/C21H32N2O2.ClH/c1-17(19-9-11-22-12-10-19)14-21(24)23(16-20-8-5-13-25-20)15-18-6-3-2-4-7-18;/h2-4,6-7,17,19-20,22H,5,8-16H2,1H3;1H. The van der Waals surface area contributed by atoms with Gasteiger partial charge in [-0.25, -0.2) is 0 Å². The van der Waals surface area contributed by atoms with E-state index in [-0.39, 0.29) is 24.4 Å². The lowest BCUT2D eigenvalue weighted by Crippen LogP contribution is -2.39. The highest BCUT2D eigenvalue weighted by atomic mass is 35.5. The van der Waals surface area contributed by atoms with Crippen molar-refractivity contribution in [2.75, 3.05) is 26.2 Å². The Labute approximate surface area is 164 Å². The summed E-state index contributed by atoms with van der Waals surface area (Å²) in [4.78, 5) is 15.1. The monoisotopic (exact) mass is 380 g/mol. The Morgan fingerprint density at radius 1 is 1.23 bits per heavy atom. The summed E-state index contributed by atoms with van der Waals surface area (Å²) in [5, 5.41) is 3.41. The Morgan fingerprint density at radius 3 is 2.62 bits per heavy atom. The van der Waals surface area contributed by atoms with Crippen LogP contribution in [0.3, 0.4) is 0 Å². The van der Waals surface area contributed by atoms with E-state index in [2.05, 4.69) is 24.4 Å². The third kappa shape index (κ3) is 6.26. The number of carbonyl (C=O) groups is 1. The smallest absolute Gasteiger partial charge is 0.223 e. The van der Waals surface area contributed by atoms with Crippen LogP contribution in [-0.4, -0.2) is 43.2 Å². The van der Waals surface area contributed by atoms with Gasteiger partial charge in [-0.3, -0.25) is 4.79 Å². The largest absolute Gasteiger partial charge is 0.376 e. The van der Waals surface area contributed by atoms with Gasteiger partial charge in [0.2, 0.25) is 5.91 Å². The Kier molecular flexibility index (Phi) is 8.89. The molecule has 0 saturated carbocycles. The third-order valence-electron chi connectivity index (χ3n) is 5.70. The van der Waals surface area contributed by atoms with Gasteiger partial charge in [-0.2, -0.15) is 0 Å². The molecule has 0 bridgehead atoms. The normalized spacial score (nSPS) is 21.8. The van der Waals surface area contributed by atoms with Gasteiger partial charge in [0.15, 0.2) is 0 Å².